The van der Waals surface area contributed by atoms with Crippen molar-refractivity contribution in [2.75, 3.05) is 13.1 Å². The molecule has 0 spiro atoms. The number of carbonyl (C=O) groups is 3. The van der Waals surface area contributed by atoms with Crippen LogP contribution in [0.1, 0.15) is 36.8 Å². The second-order valence-electron chi connectivity index (χ2n) is 6.39. The summed E-state index contributed by atoms with van der Waals surface area (Å²) in [6, 6.07) is 3.63. The van der Waals surface area contributed by atoms with E-state index in [1.807, 2.05) is 6.92 Å². The summed E-state index contributed by atoms with van der Waals surface area (Å²) in [6.07, 6.45) is 1.16. The van der Waals surface area contributed by atoms with E-state index in [9.17, 15) is 18.8 Å². The van der Waals surface area contributed by atoms with Gasteiger partial charge in [0.25, 0.3) is 5.91 Å². The van der Waals surface area contributed by atoms with E-state index in [-0.39, 0.29) is 36.4 Å². The highest BCUT2D eigenvalue weighted by Gasteiger charge is 2.30. The van der Waals surface area contributed by atoms with Gasteiger partial charge in [0.2, 0.25) is 5.91 Å². The summed E-state index contributed by atoms with van der Waals surface area (Å²) in [4.78, 5) is 36.8. The van der Waals surface area contributed by atoms with Gasteiger partial charge >= 0.3 is 6.03 Å². The van der Waals surface area contributed by atoms with Gasteiger partial charge in [0.1, 0.15) is 11.9 Å². The van der Waals surface area contributed by atoms with Crippen LogP contribution < -0.4 is 10.6 Å². The summed E-state index contributed by atoms with van der Waals surface area (Å²) in [5, 5.41) is 4.65. The number of carbonyl (C=O) groups excluding carboxylic acids is 3. The highest BCUT2D eigenvalue weighted by Crippen LogP contribution is 2.26. The van der Waals surface area contributed by atoms with Crippen LogP contribution in [0, 0.1) is 5.82 Å². The average molecular weight is 333 g/mol. The zero-order chi connectivity index (χ0) is 17.3. The average Bonchev–Trinajstić information content (AvgIpc) is 2.77. The fraction of sp³-hybridized carbons (Fsp3) is 0.471. The molecule has 2 N–H and O–H groups in total. The van der Waals surface area contributed by atoms with Crippen molar-refractivity contribution in [1.82, 2.24) is 15.5 Å². The molecule has 0 bridgehead atoms. The Morgan fingerprint density at radius 3 is 2.88 bits per heavy atom. The van der Waals surface area contributed by atoms with E-state index in [0.29, 0.717) is 19.5 Å². The lowest BCUT2D eigenvalue weighted by Gasteiger charge is -2.23. The van der Waals surface area contributed by atoms with Crippen molar-refractivity contribution in [3.63, 3.8) is 0 Å². The molecule has 2 unspecified atom stereocenters. The Bertz CT molecular complexity index is 692. The van der Waals surface area contributed by atoms with Crippen molar-refractivity contribution in [3.05, 3.63) is 35.1 Å². The fourth-order valence-corrected chi connectivity index (χ4v) is 3.34. The van der Waals surface area contributed by atoms with Crippen molar-refractivity contribution in [2.45, 2.75) is 38.1 Å². The number of nitrogens with one attached hydrogen (secondary N) is 2. The summed E-state index contributed by atoms with van der Waals surface area (Å²) in [5.74, 6) is -0.649. The molecule has 6 nitrogen and oxygen atoms in total. The predicted octanol–water partition coefficient (Wildman–Crippen LogP) is 1.30. The standard InChI is InChI=1S/C17H20FN3O3/c1-10-9-21(7-6-11-2-3-12(18)8-13(10)11)15(22)5-4-14-16(23)20-17(24)19-14/h2-3,8,10,14H,4-7,9H2,1H3,(H2,19,20,23,24). The number of hydrogen-bond acceptors (Lipinski definition) is 3. The number of fused-ring (bicyclic) bond motifs is 1. The minimum atomic E-state index is -0.642. The molecule has 1 aromatic carbocycles. The Morgan fingerprint density at radius 2 is 2.17 bits per heavy atom. The maximum atomic E-state index is 13.5. The van der Waals surface area contributed by atoms with Crippen LogP contribution in [0.25, 0.3) is 0 Å². The smallest absolute Gasteiger partial charge is 0.322 e. The Kier molecular flexibility index (Phi) is 4.51. The van der Waals surface area contributed by atoms with Crippen molar-refractivity contribution in [1.29, 1.82) is 0 Å². The second-order valence-corrected chi connectivity index (χ2v) is 6.39. The monoisotopic (exact) mass is 333 g/mol. The number of imide groups is 1. The lowest BCUT2D eigenvalue weighted by Crippen LogP contribution is -2.36. The van der Waals surface area contributed by atoms with E-state index < -0.39 is 12.1 Å². The normalized spacial score (nSPS) is 23.3. The largest absolute Gasteiger partial charge is 0.342 e. The third-order valence-corrected chi connectivity index (χ3v) is 4.64. The molecule has 2 aliphatic heterocycles. The lowest BCUT2D eigenvalue weighted by atomic mass is 9.95. The number of nitrogens with zero attached hydrogens (tertiary/aromatic N) is 1. The third kappa shape index (κ3) is 3.39. The maximum Gasteiger partial charge on any atom is 0.322 e. The molecule has 3 rings (SSSR count). The fourth-order valence-electron chi connectivity index (χ4n) is 3.34. The van der Waals surface area contributed by atoms with Gasteiger partial charge in [-0.25, -0.2) is 9.18 Å². The molecule has 0 aromatic heterocycles. The Morgan fingerprint density at radius 1 is 1.38 bits per heavy atom. The number of rotatable bonds is 3. The number of amides is 4. The summed E-state index contributed by atoms with van der Waals surface area (Å²) in [6.45, 7) is 3.08. The SMILES string of the molecule is CC1CN(C(=O)CCC2NC(=O)NC2=O)CCc2ccc(F)cc21. The highest BCUT2D eigenvalue weighted by molar-refractivity contribution is 6.04. The van der Waals surface area contributed by atoms with E-state index in [1.54, 1.807) is 17.0 Å². The Balaban J connectivity index is 1.61. The van der Waals surface area contributed by atoms with E-state index >= 15 is 0 Å². The zero-order valence-electron chi connectivity index (χ0n) is 13.5. The molecule has 2 atom stereocenters. The molecule has 1 aromatic rings. The molecule has 24 heavy (non-hydrogen) atoms. The number of halogens is 1. The van der Waals surface area contributed by atoms with Crippen LogP contribution >= 0.6 is 0 Å². The number of hydrogen-bond donors (Lipinski definition) is 2. The van der Waals surface area contributed by atoms with Gasteiger partial charge in [-0.1, -0.05) is 13.0 Å². The summed E-state index contributed by atoms with van der Waals surface area (Å²) in [5.41, 5.74) is 2.02. The van der Waals surface area contributed by atoms with Crippen molar-refractivity contribution < 1.29 is 18.8 Å². The Hall–Kier alpha value is -2.44. The maximum absolute atomic E-state index is 13.5. The van der Waals surface area contributed by atoms with Gasteiger partial charge in [-0.3, -0.25) is 14.9 Å². The molecule has 2 heterocycles. The van der Waals surface area contributed by atoms with Crippen LogP contribution in [0.3, 0.4) is 0 Å². The van der Waals surface area contributed by atoms with Crippen LogP contribution in [0.5, 0.6) is 0 Å². The third-order valence-electron chi connectivity index (χ3n) is 4.64. The van der Waals surface area contributed by atoms with Gasteiger partial charge in [-0.15, -0.1) is 0 Å². The van der Waals surface area contributed by atoms with E-state index in [0.717, 1.165) is 11.1 Å². The first-order chi connectivity index (χ1) is 11.4. The van der Waals surface area contributed by atoms with E-state index in [1.165, 1.54) is 6.07 Å². The van der Waals surface area contributed by atoms with Gasteiger partial charge in [0.15, 0.2) is 0 Å². The quantitative estimate of drug-likeness (QED) is 0.819. The van der Waals surface area contributed by atoms with Crippen LogP contribution in [-0.2, 0) is 16.0 Å². The van der Waals surface area contributed by atoms with Crippen LogP contribution in [-0.4, -0.2) is 41.9 Å². The molecule has 0 saturated carbocycles. The van der Waals surface area contributed by atoms with Gasteiger partial charge in [0.05, 0.1) is 0 Å². The molecule has 0 aliphatic carbocycles. The zero-order valence-corrected chi connectivity index (χ0v) is 13.5. The van der Waals surface area contributed by atoms with E-state index in [4.69, 9.17) is 0 Å². The number of urea groups is 1. The van der Waals surface area contributed by atoms with Gasteiger partial charge in [0, 0.05) is 19.5 Å². The molecule has 1 saturated heterocycles. The topological polar surface area (TPSA) is 78.5 Å². The minimum Gasteiger partial charge on any atom is -0.342 e. The van der Waals surface area contributed by atoms with Crippen molar-refractivity contribution in [2.24, 2.45) is 0 Å². The van der Waals surface area contributed by atoms with Gasteiger partial charge in [-0.05, 0) is 42.0 Å². The first-order valence-corrected chi connectivity index (χ1v) is 8.11. The molecule has 4 amide bonds. The van der Waals surface area contributed by atoms with Gasteiger partial charge < -0.3 is 10.2 Å². The molecule has 2 aliphatic rings. The molecule has 128 valence electrons. The van der Waals surface area contributed by atoms with E-state index in [2.05, 4.69) is 10.6 Å². The predicted molar refractivity (Wildman–Crippen MR) is 84.8 cm³/mol. The molecular weight excluding hydrogens is 313 g/mol. The van der Waals surface area contributed by atoms with Crippen molar-refractivity contribution >= 4 is 17.8 Å². The molecular formula is C17H20FN3O3. The molecule has 0 radical (unpaired) electrons. The first kappa shape index (κ1) is 16.4. The van der Waals surface area contributed by atoms with Crippen LogP contribution in [0.15, 0.2) is 18.2 Å². The summed E-state index contributed by atoms with van der Waals surface area (Å²) >= 11 is 0. The second kappa shape index (κ2) is 6.59. The lowest BCUT2D eigenvalue weighted by molar-refractivity contribution is -0.131. The Labute approximate surface area is 139 Å². The molecule has 7 heteroatoms. The highest BCUT2D eigenvalue weighted by atomic mass is 19.1. The summed E-state index contributed by atoms with van der Waals surface area (Å²) < 4.78 is 13.5. The summed E-state index contributed by atoms with van der Waals surface area (Å²) in [7, 11) is 0. The minimum absolute atomic E-state index is 0.0518. The van der Waals surface area contributed by atoms with Crippen molar-refractivity contribution in [3.8, 4) is 0 Å². The first-order valence-electron chi connectivity index (χ1n) is 8.11. The number of benzene rings is 1. The molecule has 1 fully saturated rings. The van der Waals surface area contributed by atoms with Crippen LogP contribution in [0.2, 0.25) is 0 Å². The van der Waals surface area contributed by atoms with Crippen LogP contribution in [0.4, 0.5) is 9.18 Å². The van der Waals surface area contributed by atoms with Gasteiger partial charge in [-0.2, -0.15) is 0 Å².